The van der Waals surface area contributed by atoms with Crippen LogP contribution in [0.4, 0.5) is 18.0 Å². The predicted octanol–water partition coefficient (Wildman–Crippen LogP) is 2.02. The molecule has 0 radical (unpaired) electrons. The molecule has 27 heavy (non-hydrogen) atoms. The van der Waals surface area contributed by atoms with Crippen molar-refractivity contribution in [2.75, 3.05) is 0 Å². The lowest BCUT2D eigenvalue weighted by molar-refractivity contribution is -0.190. The van der Waals surface area contributed by atoms with Gasteiger partial charge in [-0.2, -0.15) is 13.2 Å². The summed E-state index contributed by atoms with van der Waals surface area (Å²) in [5.74, 6) is -2.53. The topological polar surface area (TPSA) is 97.8 Å². The number of amides is 1. The van der Waals surface area contributed by atoms with Crippen LogP contribution >= 0.6 is 0 Å². The average molecular weight is 388 g/mol. The van der Waals surface area contributed by atoms with Crippen LogP contribution in [0.1, 0.15) is 38.9 Å². The van der Waals surface area contributed by atoms with Gasteiger partial charge in [-0.1, -0.05) is 6.08 Å². The van der Waals surface area contributed by atoms with E-state index in [1.165, 1.54) is 24.4 Å². The minimum atomic E-state index is -5.24. The van der Waals surface area contributed by atoms with Crippen molar-refractivity contribution in [1.82, 2.24) is 10.3 Å². The Morgan fingerprint density at radius 3 is 2.56 bits per heavy atom. The van der Waals surface area contributed by atoms with Crippen LogP contribution in [0.25, 0.3) is 0 Å². The molecule has 1 aromatic rings. The first-order valence-electron chi connectivity index (χ1n) is 7.85. The van der Waals surface area contributed by atoms with Gasteiger partial charge in [-0.25, -0.2) is 9.59 Å². The van der Waals surface area contributed by atoms with E-state index in [9.17, 15) is 27.8 Å². The Morgan fingerprint density at radius 2 is 2.04 bits per heavy atom. The van der Waals surface area contributed by atoms with E-state index in [1.54, 1.807) is 20.8 Å². The Kier molecular flexibility index (Phi) is 7.41. The summed E-state index contributed by atoms with van der Waals surface area (Å²) in [5.41, 5.74) is -0.668. The third kappa shape index (κ3) is 7.69. The number of halogens is 3. The summed E-state index contributed by atoms with van der Waals surface area (Å²) in [6.45, 7) is 8.61. The minimum absolute atomic E-state index is 0.141. The lowest BCUT2D eigenvalue weighted by Crippen LogP contribution is -2.41. The van der Waals surface area contributed by atoms with Gasteiger partial charge >= 0.3 is 25.4 Å². The second kappa shape index (κ2) is 8.89. The summed E-state index contributed by atoms with van der Waals surface area (Å²) in [6.07, 6.45) is -3.04. The van der Waals surface area contributed by atoms with Crippen LogP contribution in [-0.4, -0.2) is 41.0 Å². The van der Waals surface area contributed by atoms with Crippen LogP contribution in [0.15, 0.2) is 31.0 Å². The quantitative estimate of drug-likeness (QED) is 0.572. The molecule has 1 aromatic heterocycles. The highest BCUT2D eigenvalue weighted by atomic mass is 19.4. The van der Waals surface area contributed by atoms with Crippen LogP contribution in [0.5, 0.6) is 0 Å². The first kappa shape index (κ1) is 22.5. The fraction of sp³-hybridized carbons (Fsp3) is 0.438. The fourth-order valence-electron chi connectivity index (χ4n) is 1.92. The van der Waals surface area contributed by atoms with Crippen LogP contribution in [-0.2, 0) is 14.2 Å². The molecule has 0 saturated carbocycles. The molecule has 0 fully saturated rings. The molecule has 0 aliphatic rings. The molecule has 0 saturated heterocycles. The molecule has 11 heteroatoms. The van der Waals surface area contributed by atoms with Crippen molar-refractivity contribution in [3.63, 3.8) is 0 Å². The summed E-state index contributed by atoms with van der Waals surface area (Å²) in [4.78, 5) is 26.8. The highest BCUT2D eigenvalue weighted by Gasteiger charge is 2.43. The number of carbonyl (C=O) groups is 2. The third-order valence-corrected chi connectivity index (χ3v) is 2.99. The molecular formula is C16H20BF3N2O5. The highest BCUT2D eigenvalue weighted by molar-refractivity contribution is 6.61. The molecule has 1 rings (SSSR count). The number of pyridine rings is 1. The van der Waals surface area contributed by atoms with Gasteiger partial charge in [0.2, 0.25) is 0 Å². The maximum Gasteiger partial charge on any atom is 0.562 e. The van der Waals surface area contributed by atoms with Crippen molar-refractivity contribution < 1.29 is 37.2 Å². The summed E-state index contributed by atoms with van der Waals surface area (Å²) < 4.78 is 45.8. The van der Waals surface area contributed by atoms with E-state index in [1.807, 2.05) is 0 Å². The van der Waals surface area contributed by atoms with E-state index in [-0.39, 0.29) is 17.6 Å². The summed E-state index contributed by atoms with van der Waals surface area (Å²) in [6, 6.07) is 1.67. The molecule has 1 unspecified atom stereocenters. The second-order valence-electron chi connectivity index (χ2n) is 6.49. The zero-order chi connectivity index (χ0) is 20.8. The van der Waals surface area contributed by atoms with Crippen molar-refractivity contribution in [1.29, 1.82) is 0 Å². The highest BCUT2D eigenvalue weighted by Crippen LogP contribution is 2.18. The Labute approximate surface area is 154 Å². The molecule has 0 bridgehead atoms. The molecule has 0 aliphatic carbocycles. The fourth-order valence-corrected chi connectivity index (χ4v) is 1.92. The van der Waals surface area contributed by atoms with Gasteiger partial charge < -0.3 is 19.7 Å². The maximum atomic E-state index is 12.2. The first-order valence-corrected chi connectivity index (χ1v) is 7.85. The van der Waals surface area contributed by atoms with Gasteiger partial charge in [-0.15, -0.1) is 6.58 Å². The van der Waals surface area contributed by atoms with E-state index in [0.717, 1.165) is 0 Å². The smallest absolute Gasteiger partial charge is 0.499 e. The number of hydrogen-bond donors (Lipinski definition) is 2. The van der Waals surface area contributed by atoms with Gasteiger partial charge in [0.25, 0.3) is 0 Å². The van der Waals surface area contributed by atoms with Crippen LogP contribution in [0.3, 0.4) is 0 Å². The molecule has 2 N–H and O–H groups in total. The zero-order valence-corrected chi connectivity index (χ0v) is 15.0. The van der Waals surface area contributed by atoms with Crippen LogP contribution in [0.2, 0.25) is 0 Å². The number of nitrogens with one attached hydrogen (secondary N) is 1. The molecule has 1 heterocycles. The summed E-state index contributed by atoms with van der Waals surface area (Å²) in [7, 11) is -2.15. The largest absolute Gasteiger partial charge is 0.562 e. The van der Waals surface area contributed by atoms with E-state index in [4.69, 9.17) is 4.74 Å². The van der Waals surface area contributed by atoms with Gasteiger partial charge in [0.1, 0.15) is 5.60 Å². The number of aromatic nitrogens is 1. The van der Waals surface area contributed by atoms with Gasteiger partial charge in [0, 0.05) is 11.7 Å². The Morgan fingerprint density at radius 1 is 1.41 bits per heavy atom. The van der Waals surface area contributed by atoms with Crippen molar-refractivity contribution in [3.8, 4) is 0 Å². The molecule has 1 amide bonds. The second-order valence-corrected chi connectivity index (χ2v) is 6.49. The molecule has 148 valence electrons. The lowest BCUT2D eigenvalue weighted by atomic mass is 9.79. The van der Waals surface area contributed by atoms with E-state index < -0.39 is 37.0 Å². The normalized spacial score (nSPS) is 12.7. The van der Waals surface area contributed by atoms with Crippen LogP contribution < -0.4 is 10.8 Å². The molecule has 0 spiro atoms. The lowest BCUT2D eigenvalue weighted by Gasteiger charge is -2.23. The van der Waals surface area contributed by atoms with Crippen molar-refractivity contribution in [2.24, 2.45) is 0 Å². The Hall–Kier alpha value is -2.56. The van der Waals surface area contributed by atoms with Crippen molar-refractivity contribution in [2.45, 2.75) is 45.0 Å². The van der Waals surface area contributed by atoms with Gasteiger partial charge in [0.15, 0.2) is 0 Å². The predicted molar refractivity (Wildman–Crippen MR) is 90.9 cm³/mol. The Balaban J connectivity index is 2.96. The third-order valence-electron chi connectivity index (χ3n) is 2.99. The van der Waals surface area contributed by atoms with Crippen molar-refractivity contribution in [3.05, 3.63) is 36.7 Å². The number of nitrogens with zero attached hydrogens (tertiary/aromatic N) is 1. The number of alkyl carbamates (subject to hydrolysis) is 1. The van der Waals surface area contributed by atoms with Crippen LogP contribution in [0, 0.1) is 0 Å². The monoisotopic (exact) mass is 388 g/mol. The summed E-state index contributed by atoms with van der Waals surface area (Å²) in [5, 5.41) is 12.3. The molecule has 7 nitrogen and oxygen atoms in total. The molecule has 0 aliphatic heterocycles. The van der Waals surface area contributed by atoms with Crippen molar-refractivity contribution >= 4 is 24.6 Å². The molecular weight excluding hydrogens is 368 g/mol. The standard InChI is InChI=1S/C16H20BF3N2O5/c1-5-6-11(22-14(24)26-15(2,3)4)12-9-10(7-8-21-12)17(25)27-13(23)16(18,19)20/h5,7-9,11,25H,1,6H2,2-4H3,(H,22,24). The average Bonchev–Trinajstić information content (AvgIpc) is 2.51. The van der Waals surface area contributed by atoms with Gasteiger partial charge in [0.05, 0.1) is 11.7 Å². The SMILES string of the molecule is C=CCC(NC(=O)OC(C)(C)C)c1cc(B(O)OC(=O)C(F)(F)F)ccn1. The molecule has 1 atom stereocenters. The number of ether oxygens (including phenoxy) is 1. The maximum absolute atomic E-state index is 12.2. The van der Waals surface area contributed by atoms with E-state index in [0.29, 0.717) is 0 Å². The number of alkyl halides is 3. The zero-order valence-electron chi connectivity index (χ0n) is 15.0. The Bertz CT molecular complexity index is 691. The summed E-state index contributed by atoms with van der Waals surface area (Å²) >= 11 is 0. The van der Waals surface area contributed by atoms with E-state index >= 15 is 0 Å². The number of rotatable bonds is 6. The first-order chi connectivity index (χ1) is 12.3. The van der Waals surface area contributed by atoms with Gasteiger partial charge in [-0.3, -0.25) is 4.98 Å². The van der Waals surface area contributed by atoms with E-state index in [2.05, 4.69) is 21.5 Å². The van der Waals surface area contributed by atoms with Gasteiger partial charge in [-0.05, 0) is 39.3 Å². The minimum Gasteiger partial charge on any atom is -0.499 e. The number of carbonyl (C=O) groups excluding carboxylic acids is 2. The molecule has 0 aromatic carbocycles. The number of hydrogen-bond acceptors (Lipinski definition) is 6.